The van der Waals surface area contributed by atoms with E-state index in [1.807, 2.05) is 0 Å². The number of carbonyl (C=O) groups excluding carboxylic acids is 2. The topological polar surface area (TPSA) is 79.0 Å². The maximum Gasteiger partial charge on any atom is 0.376 e. The average molecular weight is 932 g/mol. The van der Waals surface area contributed by atoms with Gasteiger partial charge in [-0.25, -0.2) is 18.4 Å². The van der Waals surface area contributed by atoms with E-state index in [1.54, 1.807) is 24.3 Å². The third-order valence-electron chi connectivity index (χ3n) is 14.9. The summed E-state index contributed by atoms with van der Waals surface area (Å²) in [5.74, 6) is -5.44. The molecular weight excluding hydrogens is 857 g/mol. The first-order chi connectivity index (χ1) is 32.1. The lowest BCUT2D eigenvalue weighted by Gasteiger charge is -2.37. The number of Topliss-reactive ketones (excluding diaryl/α,β-unsaturated/α-hetero) is 1. The van der Waals surface area contributed by atoms with Crippen LogP contribution in [0.3, 0.4) is 0 Å². The number of unbranched alkanes of at least 4 members (excludes halogenated alkanes) is 9. The molecule has 0 fully saturated rings. The van der Waals surface area contributed by atoms with Crippen LogP contribution in [0.5, 0.6) is 0 Å². The van der Waals surface area contributed by atoms with Crippen LogP contribution >= 0.6 is 0 Å². The third-order valence-corrected chi connectivity index (χ3v) is 14.9. The van der Waals surface area contributed by atoms with Gasteiger partial charge in [-0.2, -0.15) is 8.78 Å². The Labute approximate surface area is 397 Å². The van der Waals surface area contributed by atoms with Gasteiger partial charge in [-0.05, 0) is 77.1 Å². The van der Waals surface area contributed by atoms with E-state index in [4.69, 9.17) is 14.3 Å². The van der Waals surface area contributed by atoms with Crippen LogP contribution < -0.4 is 5.16 Å². The molecular formula is C56H75F4N2O5+. The lowest BCUT2D eigenvalue weighted by atomic mass is 9.66. The number of fused-ring (bicyclic) bond motifs is 5. The number of carbonyl (C=O) groups is 2. The summed E-state index contributed by atoms with van der Waals surface area (Å²) in [6.07, 6.45) is 23.7. The number of rotatable bonds is 24. The Morgan fingerprint density at radius 3 is 2.31 bits per heavy atom. The van der Waals surface area contributed by atoms with Crippen LogP contribution in [0.2, 0.25) is 0 Å². The van der Waals surface area contributed by atoms with E-state index < -0.39 is 36.9 Å². The molecule has 7 nitrogen and oxygen atoms in total. The van der Waals surface area contributed by atoms with Gasteiger partial charge < -0.3 is 14.4 Å². The van der Waals surface area contributed by atoms with E-state index >= 15 is 4.79 Å². The molecule has 1 N–H and O–H groups in total. The van der Waals surface area contributed by atoms with Crippen molar-refractivity contribution in [2.45, 2.75) is 144 Å². The molecule has 0 aromatic heterocycles. The SMILES string of the molecule is CCCCCCCCCCCCOCCN1C2=CC=C(C/C(=[NH+]\OC(C)=O)C3C=CC=CC3OCC(F)(F)C(F)F)[C@H](C)C2C2=C1c1cccc(c1)C/C(C(=O)[C@H]1C(C)C=C(C)[C@H](C)C1C)=C\2. The predicted molar refractivity (Wildman–Crippen MR) is 258 cm³/mol. The first kappa shape index (κ1) is 52.0. The molecule has 67 heavy (non-hydrogen) atoms. The number of ether oxygens (including phenoxy) is 2. The summed E-state index contributed by atoms with van der Waals surface area (Å²) in [6, 6.07) is 8.55. The molecule has 0 amide bonds. The van der Waals surface area contributed by atoms with Gasteiger partial charge in [-0.3, -0.25) is 4.79 Å². The van der Waals surface area contributed by atoms with Gasteiger partial charge in [0.05, 0.1) is 30.7 Å². The quantitative estimate of drug-likeness (QED) is 0.0278. The van der Waals surface area contributed by atoms with E-state index in [0.29, 0.717) is 31.9 Å². The molecule has 4 aliphatic carbocycles. The van der Waals surface area contributed by atoms with Crippen molar-refractivity contribution in [3.63, 3.8) is 0 Å². The summed E-state index contributed by atoms with van der Waals surface area (Å²) in [5, 5.41) is 2.80. The van der Waals surface area contributed by atoms with Gasteiger partial charge in [0, 0.05) is 49.6 Å². The maximum atomic E-state index is 15.1. The maximum absolute atomic E-state index is 15.1. The Kier molecular flexibility index (Phi) is 18.9. The van der Waals surface area contributed by atoms with Crippen molar-refractivity contribution >= 4 is 23.2 Å². The van der Waals surface area contributed by atoms with Gasteiger partial charge in [0.1, 0.15) is 6.61 Å². The second-order valence-corrected chi connectivity index (χ2v) is 19.7. The van der Waals surface area contributed by atoms with Crippen molar-refractivity contribution in [1.82, 2.24) is 4.90 Å². The predicted octanol–water partition coefficient (Wildman–Crippen LogP) is 11.7. The summed E-state index contributed by atoms with van der Waals surface area (Å²) >= 11 is 0. The first-order valence-corrected chi connectivity index (χ1v) is 25.1. The van der Waals surface area contributed by atoms with E-state index in [2.05, 4.69) is 100 Å². The van der Waals surface area contributed by atoms with Crippen molar-refractivity contribution in [2.24, 2.45) is 41.4 Å². The van der Waals surface area contributed by atoms with Crippen molar-refractivity contribution in [3.8, 4) is 0 Å². The minimum Gasteiger partial charge on any atom is -0.380 e. The minimum atomic E-state index is -4.34. The lowest BCUT2D eigenvalue weighted by molar-refractivity contribution is -0.725. The monoisotopic (exact) mass is 932 g/mol. The Bertz CT molecular complexity index is 2150. The Morgan fingerprint density at radius 2 is 1.61 bits per heavy atom. The molecule has 1 aromatic rings. The molecule has 366 valence electrons. The lowest BCUT2D eigenvalue weighted by Crippen LogP contribution is -2.75. The highest BCUT2D eigenvalue weighted by Crippen LogP contribution is 2.52. The summed E-state index contributed by atoms with van der Waals surface area (Å²) < 4.78 is 66.4. The molecule has 2 bridgehead atoms. The Hall–Kier alpha value is -4.35. The van der Waals surface area contributed by atoms with Crippen molar-refractivity contribution in [1.29, 1.82) is 0 Å². The van der Waals surface area contributed by atoms with E-state index in [1.165, 1.54) is 63.9 Å². The second kappa shape index (κ2) is 24.3. The van der Waals surface area contributed by atoms with Gasteiger partial charge in [0.2, 0.25) is 5.71 Å². The molecule has 1 aliphatic heterocycles. The first-order valence-electron chi connectivity index (χ1n) is 25.1. The summed E-state index contributed by atoms with van der Waals surface area (Å²) in [5.41, 5.74) is 8.89. The normalized spacial score (nSPS) is 26.9. The fourth-order valence-electron chi connectivity index (χ4n) is 10.8. The smallest absolute Gasteiger partial charge is 0.376 e. The van der Waals surface area contributed by atoms with Crippen LogP contribution in [0.1, 0.15) is 130 Å². The van der Waals surface area contributed by atoms with Crippen LogP contribution in [0.4, 0.5) is 17.6 Å². The molecule has 0 radical (unpaired) electrons. The van der Waals surface area contributed by atoms with E-state index in [0.717, 1.165) is 52.1 Å². The number of hydrogen-bond donors (Lipinski definition) is 1. The summed E-state index contributed by atoms with van der Waals surface area (Å²) in [7, 11) is 0. The van der Waals surface area contributed by atoms with Gasteiger partial charge in [-0.15, -0.1) is 0 Å². The zero-order valence-corrected chi connectivity index (χ0v) is 40.9. The van der Waals surface area contributed by atoms with Gasteiger partial charge >= 0.3 is 18.3 Å². The number of hydrogen-bond acceptors (Lipinski definition) is 6. The van der Waals surface area contributed by atoms with E-state index in [-0.39, 0.29) is 47.7 Å². The van der Waals surface area contributed by atoms with Crippen LogP contribution in [-0.2, 0) is 30.3 Å². The van der Waals surface area contributed by atoms with Gasteiger partial charge in [-0.1, -0.05) is 158 Å². The zero-order valence-electron chi connectivity index (χ0n) is 40.9. The highest BCUT2D eigenvalue weighted by atomic mass is 19.3. The molecule has 5 unspecified atom stereocenters. The molecule has 5 aliphatic rings. The zero-order chi connectivity index (χ0) is 48.3. The molecule has 0 saturated heterocycles. The second-order valence-electron chi connectivity index (χ2n) is 19.7. The van der Waals surface area contributed by atoms with Crippen LogP contribution in [0.15, 0.2) is 101 Å². The molecule has 8 atom stereocenters. The van der Waals surface area contributed by atoms with E-state index in [9.17, 15) is 22.4 Å². The van der Waals surface area contributed by atoms with Gasteiger partial charge in [0.15, 0.2) is 5.78 Å². The van der Waals surface area contributed by atoms with Crippen molar-refractivity contribution in [3.05, 3.63) is 112 Å². The molecule has 11 heteroatoms. The fourth-order valence-corrected chi connectivity index (χ4v) is 10.8. The standard InChI is InChI=1S/C56H74F4N2O5/c1-8-9-10-11-12-13-14-15-16-19-28-65-29-27-62-49-26-25-43(34-48(61-67-41(7)63)46-23-17-18-24-50(46)66-35-56(59,60)55(57)58)40(6)52(49)47-33-45(32-42-21-20-22-44(31-42)53(47)62)54(64)51-37(3)30-36(2)38(4)39(51)5/h17-18,20-26,30-31,33,37-40,46,50-52,55H,8-16,19,27-29,32,34-35H2,1-7H3/p+1/b45-33+,61-48+/t37?,38-,39?,40-,46?,50?,51-,52?/m0/s1. The number of nitrogens with zero attached hydrogens (tertiary/aromatic N) is 1. The molecule has 1 heterocycles. The number of benzene rings is 1. The molecule has 6 rings (SSSR count). The summed E-state index contributed by atoms with van der Waals surface area (Å²) in [4.78, 5) is 34.9. The number of alkyl halides is 4. The van der Waals surface area contributed by atoms with Crippen LogP contribution in [0, 0.1) is 41.4 Å². The van der Waals surface area contributed by atoms with Crippen molar-refractivity contribution < 1.29 is 46.6 Å². The Morgan fingerprint density at radius 1 is 0.910 bits per heavy atom. The number of halogens is 4. The molecule has 1 aromatic carbocycles. The highest BCUT2D eigenvalue weighted by Gasteiger charge is 2.46. The highest BCUT2D eigenvalue weighted by molar-refractivity contribution is 5.99. The molecule has 0 saturated carbocycles. The minimum absolute atomic E-state index is 0.0907. The van der Waals surface area contributed by atoms with Gasteiger partial charge in [0.25, 0.3) is 0 Å². The van der Waals surface area contributed by atoms with Crippen molar-refractivity contribution in [2.75, 3.05) is 26.4 Å². The number of nitrogens with one attached hydrogen (secondary N) is 1. The third kappa shape index (κ3) is 13.0. The Balaban J connectivity index is 1.30. The fraction of sp³-hybridized carbons (Fsp3) is 0.589. The number of allylic oxidation sites excluding steroid dienone is 10. The number of ketones is 1. The molecule has 0 spiro atoms. The average Bonchev–Trinajstić information content (AvgIpc) is 3.60. The summed E-state index contributed by atoms with van der Waals surface area (Å²) in [6.45, 7) is 14.8. The van der Waals surface area contributed by atoms with Crippen LogP contribution in [-0.4, -0.2) is 67.2 Å². The van der Waals surface area contributed by atoms with Crippen LogP contribution in [0.25, 0.3) is 5.70 Å². The largest absolute Gasteiger partial charge is 0.380 e.